The molecule has 0 saturated carbocycles. The maximum Gasteiger partial charge on any atom is 0.248 e. The number of imidazole rings is 1. The molecule has 3 N–H and O–H groups in total. The predicted octanol–water partition coefficient (Wildman–Crippen LogP) is 4.56. The highest BCUT2D eigenvalue weighted by Gasteiger charge is 2.13. The van der Waals surface area contributed by atoms with Gasteiger partial charge in [-0.2, -0.15) is 0 Å². The molecule has 0 fully saturated rings. The van der Waals surface area contributed by atoms with Crippen LogP contribution in [0.2, 0.25) is 0 Å². The largest absolute Gasteiger partial charge is 0.508 e. The normalized spacial score (nSPS) is 11.5. The van der Waals surface area contributed by atoms with Crippen LogP contribution in [0.3, 0.4) is 0 Å². The number of carbonyl (C=O) groups is 1. The van der Waals surface area contributed by atoms with Crippen LogP contribution in [0.5, 0.6) is 5.75 Å². The van der Waals surface area contributed by atoms with Crippen LogP contribution in [-0.2, 0) is 11.3 Å². The van der Waals surface area contributed by atoms with Crippen LogP contribution in [0.1, 0.15) is 18.1 Å². The molecule has 1 heterocycles. The molecule has 0 saturated heterocycles. The Morgan fingerprint density at radius 3 is 2.47 bits per heavy atom. The molecule has 3 aromatic carbocycles. The van der Waals surface area contributed by atoms with Gasteiger partial charge in [0.1, 0.15) is 5.75 Å². The minimum Gasteiger partial charge on any atom is -0.508 e. The average Bonchev–Trinajstić information content (AvgIpc) is 3.17. The van der Waals surface area contributed by atoms with Crippen molar-refractivity contribution in [1.29, 1.82) is 0 Å². The lowest BCUT2D eigenvalue weighted by Crippen LogP contribution is -2.37. The molecule has 0 atom stereocenters. The summed E-state index contributed by atoms with van der Waals surface area (Å²) in [4.78, 5) is 17.2. The number of nitrogens with zero attached hydrogens (tertiary/aromatic N) is 2. The van der Waals surface area contributed by atoms with E-state index in [9.17, 15) is 9.90 Å². The highest BCUT2D eigenvalue weighted by Crippen LogP contribution is 2.25. The summed E-state index contributed by atoms with van der Waals surface area (Å²) in [5.74, 6) is 0.256. The van der Waals surface area contributed by atoms with Crippen LogP contribution < -0.4 is 10.9 Å². The van der Waals surface area contributed by atoms with Crippen molar-refractivity contribution in [3.63, 3.8) is 0 Å². The van der Waals surface area contributed by atoms with Crippen molar-refractivity contribution in [2.45, 2.75) is 18.6 Å². The number of hydrazine groups is 1. The van der Waals surface area contributed by atoms with Crippen molar-refractivity contribution in [1.82, 2.24) is 20.4 Å². The van der Waals surface area contributed by atoms with Gasteiger partial charge in [0.05, 0.1) is 29.0 Å². The number of aromatic nitrogens is 2. The molecule has 1 amide bonds. The van der Waals surface area contributed by atoms with Crippen LogP contribution in [0.25, 0.3) is 16.7 Å². The van der Waals surface area contributed by atoms with Gasteiger partial charge in [0.25, 0.3) is 0 Å². The van der Waals surface area contributed by atoms with Crippen molar-refractivity contribution in [2.75, 3.05) is 5.75 Å². The third kappa shape index (κ3) is 5.12. The van der Waals surface area contributed by atoms with Crippen LogP contribution in [-0.4, -0.2) is 26.3 Å². The van der Waals surface area contributed by atoms with E-state index in [4.69, 9.17) is 4.98 Å². The molecule has 0 aliphatic rings. The first-order valence-electron chi connectivity index (χ1n) is 10.3. The van der Waals surface area contributed by atoms with Gasteiger partial charge in [-0.05, 0) is 54.4 Å². The first-order valence-corrected chi connectivity index (χ1v) is 11.2. The van der Waals surface area contributed by atoms with Gasteiger partial charge in [0, 0.05) is 0 Å². The lowest BCUT2D eigenvalue weighted by atomic mass is 10.1. The van der Waals surface area contributed by atoms with Crippen molar-refractivity contribution >= 4 is 34.4 Å². The van der Waals surface area contributed by atoms with E-state index in [2.05, 4.69) is 27.6 Å². The number of amides is 1. The zero-order valence-corrected chi connectivity index (χ0v) is 18.5. The molecule has 4 aromatic rings. The molecule has 0 radical (unpaired) electrons. The Labute approximate surface area is 191 Å². The molecule has 32 heavy (non-hydrogen) atoms. The van der Waals surface area contributed by atoms with E-state index in [0.29, 0.717) is 6.54 Å². The Morgan fingerprint density at radius 2 is 1.72 bits per heavy atom. The Balaban J connectivity index is 1.43. The number of nitrogens with one attached hydrogen (secondary N) is 2. The van der Waals surface area contributed by atoms with Gasteiger partial charge in [0.2, 0.25) is 5.91 Å². The highest BCUT2D eigenvalue weighted by molar-refractivity contribution is 7.99. The van der Waals surface area contributed by atoms with E-state index in [1.807, 2.05) is 55.5 Å². The van der Waals surface area contributed by atoms with Gasteiger partial charge >= 0.3 is 0 Å². The quantitative estimate of drug-likeness (QED) is 0.274. The molecular weight excluding hydrogens is 420 g/mol. The lowest BCUT2D eigenvalue weighted by Gasteiger charge is -2.13. The molecule has 1 aromatic heterocycles. The van der Waals surface area contributed by atoms with E-state index < -0.39 is 0 Å². The first-order chi connectivity index (χ1) is 15.6. The highest BCUT2D eigenvalue weighted by atomic mass is 32.2. The summed E-state index contributed by atoms with van der Waals surface area (Å²) >= 11 is 1.40. The molecule has 0 spiro atoms. The second-order valence-electron chi connectivity index (χ2n) is 7.17. The van der Waals surface area contributed by atoms with Crippen molar-refractivity contribution in [3.8, 4) is 5.75 Å². The summed E-state index contributed by atoms with van der Waals surface area (Å²) in [6.07, 6.45) is 1.86. The third-order valence-electron chi connectivity index (χ3n) is 4.94. The number of para-hydroxylation sites is 2. The number of benzene rings is 3. The number of thioether (sulfide) groups is 1. The van der Waals surface area contributed by atoms with Gasteiger partial charge in [0.15, 0.2) is 5.16 Å². The van der Waals surface area contributed by atoms with E-state index >= 15 is 0 Å². The van der Waals surface area contributed by atoms with E-state index in [-0.39, 0.29) is 17.4 Å². The van der Waals surface area contributed by atoms with Crippen molar-refractivity contribution < 1.29 is 9.90 Å². The van der Waals surface area contributed by atoms with Gasteiger partial charge in [-0.3, -0.25) is 15.6 Å². The topological polar surface area (TPSA) is 79.2 Å². The summed E-state index contributed by atoms with van der Waals surface area (Å²) in [5.41, 5.74) is 10.4. The summed E-state index contributed by atoms with van der Waals surface area (Å²) in [5, 5.41) is 10.3. The molecule has 0 aliphatic heterocycles. The van der Waals surface area contributed by atoms with Crippen LogP contribution in [0.4, 0.5) is 0 Å². The van der Waals surface area contributed by atoms with Crippen LogP contribution >= 0.6 is 11.8 Å². The van der Waals surface area contributed by atoms with Gasteiger partial charge in [-0.25, -0.2) is 4.98 Å². The molecule has 6 nitrogen and oxygen atoms in total. The lowest BCUT2D eigenvalue weighted by molar-refractivity contribution is -0.119. The monoisotopic (exact) mass is 444 g/mol. The smallest absolute Gasteiger partial charge is 0.248 e. The average molecular weight is 445 g/mol. The van der Waals surface area contributed by atoms with Crippen molar-refractivity contribution in [3.05, 3.63) is 96.1 Å². The number of rotatable bonds is 8. The van der Waals surface area contributed by atoms with E-state index in [1.165, 1.54) is 17.3 Å². The number of aromatic hydroxyl groups is 1. The number of phenols is 1. The summed E-state index contributed by atoms with van der Waals surface area (Å²) in [7, 11) is 0. The number of phenolic OH excluding ortho intramolecular Hbond substituents is 1. The maximum absolute atomic E-state index is 12.5. The van der Waals surface area contributed by atoms with E-state index in [0.717, 1.165) is 27.5 Å². The summed E-state index contributed by atoms with van der Waals surface area (Å²) < 4.78 is 2.14. The minimum absolute atomic E-state index is 0.161. The molecule has 4 rings (SSSR count). The van der Waals surface area contributed by atoms with Gasteiger partial charge in [-0.1, -0.05) is 60.3 Å². The van der Waals surface area contributed by atoms with Crippen LogP contribution in [0.15, 0.2) is 90.1 Å². The third-order valence-corrected chi connectivity index (χ3v) is 5.92. The number of hydrogen-bond donors (Lipinski definition) is 3. The number of hydrogen-bond acceptors (Lipinski definition) is 5. The van der Waals surface area contributed by atoms with Crippen LogP contribution in [0, 0.1) is 0 Å². The maximum atomic E-state index is 12.5. The SMILES string of the molecule is CC=C(NNC(=O)CSc1nc2ccccc2n1Cc1ccccc1)c1ccc(O)cc1. The van der Waals surface area contributed by atoms with Gasteiger partial charge < -0.3 is 9.67 Å². The zero-order valence-electron chi connectivity index (χ0n) is 17.7. The Morgan fingerprint density at radius 1 is 1.00 bits per heavy atom. The Hall–Kier alpha value is -3.71. The Kier molecular flexibility index (Phi) is 6.77. The molecule has 162 valence electrons. The number of carbonyl (C=O) groups excluding carboxylic acids is 1. The summed E-state index contributed by atoms with van der Waals surface area (Å²) in [6.45, 7) is 2.56. The predicted molar refractivity (Wildman–Crippen MR) is 129 cm³/mol. The van der Waals surface area contributed by atoms with E-state index in [1.54, 1.807) is 24.3 Å². The Bertz CT molecular complexity index is 1230. The molecular formula is C25H24N4O2S. The van der Waals surface area contributed by atoms with Crippen molar-refractivity contribution in [2.24, 2.45) is 0 Å². The standard InChI is InChI=1S/C25H24N4O2S/c1-2-21(19-12-14-20(30)15-13-19)27-28-24(31)17-32-25-26-22-10-6-7-11-23(22)29(25)16-18-8-4-3-5-9-18/h2-15,27,30H,16-17H2,1H3,(H,28,31). The molecule has 0 bridgehead atoms. The molecule has 0 aliphatic carbocycles. The molecule has 0 unspecified atom stereocenters. The molecule has 7 heteroatoms. The zero-order chi connectivity index (χ0) is 22.3. The fourth-order valence-corrected chi connectivity index (χ4v) is 4.15. The number of fused-ring (bicyclic) bond motifs is 1. The minimum atomic E-state index is -0.161. The van der Waals surface area contributed by atoms with Gasteiger partial charge in [-0.15, -0.1) is 0 Å². The first kappa shape index (κ1) is 21.5. The second kappa shape index (κ2) is 10.1. The fourth-order valence-electron chi connectivity index (χ4n) is 3.34. The summed E-state index contributed by atoms with van der Waals surface area (Å²) in [6, 6.07) is 25.0. The fraction of sp³-hybridized carbons (Fsp3) is 0.120. The second-order valence-corrected chi connectivity index (χ2v) is 8.11. The number of allylic oxidation sites excluding steroid dienone is 1.